The summed E-state index contributed by atoms with van der Waals surface area (Å²) in [5.74, 6) is 0.391. The van der Waals surface area contributed by atoms with E-state index in [1.165, 1.54) is 10.9 Å². The standard InChI is InChI=1S/C13H17OP/c1-11(7-3-2-6-10-14)12-8-4-5-9-13(12)15/h2-9,11,14H,10,15H2,1H3/b6-2-,7-3-/t11-/m0/s1. The Hall–Kier alpha value is -0.910. The zero-order chi connectivity index (χ0) is 11.1. The molecule has 0 aromatic heterocycles. The summed E-state index contributed by atoms with van der Waals surface area (Å²) >= 11 is 0. The molecule has 0 spiro atoms. The maximum absolute atomic E-state index is 8.57. The minimum Gasteiger partial charge on any atom is -0.392 e. The number of aliphatic hydroxyl groups is 1. The van der Waals surface area contributed by atoms with Crippen molar-refractivity contribution in [3.05, 3.63) is 54.1 Å². The Morgan fingerprint density at radius 1 is 1.33 bits per heavy atom. The van der Waals surface area contributed by atoms with Crippen LogP contribution in [0, 0.1) is 0 Å². The van der Waals surface area contributed by atoms with Crippen LogP contribution in [0.25, 0.3) is 0 Å². The monoisotopic (exact) mass is 220 g/mol. The Kier molecular flexibility index (Phi) is 5.31. The average molecular weight is 220 g/mol. The molecule has 1 nitrogen and oxygen atoms in total. The molecule has 0 amide bonds. The number of hydrogen-bond donors (Lipinski definition) is 1. The second kappa shape index (κ2) is 6.55. The summed E-state index contributed by atoms with van der Waals surface area (Å²) in [5.41, 5.74) is 1.32. The molecule has 80 valence electrons. The highest BCUT2D eigenvalue weighted by molar-refractivity contribution is 7.27. The molecule has 1 rings (SSSR count). The fourth-order valence-electron chi connectivity index (χ4n) is 1.40. The molecule has 1 aromatic carbocycles. The zero-order valence-corrected chi connectivity index (χ0v) is 10.1. The first-order valence-electron chi connectivity index (χ1n) is 5.04. The molecule has 1 aromatic rings. The predicted molar refractivity (Wildman–Crippen MR) is 69.6 cm³/mol. The average Bonchev–Trinajstić information content (AvgIpc) is 2.25. The number of benzene rings is 1. The molecular formula is C13H17OP. The Morgan fingerprint density at radius 2 is 2.07 bits per heavy atom. The first kappa shape index (κ1) is 12.2. The molecule has 0 bridgehead atoms. The largest absolute Gasteiger partial charge is 0.392 e. The topological polar surface area (TPSA) is 20.2 Å². The second-order valence-corrected chi connectivity index (χ2v) is 4.04. The van der Waals surface area contributed by atoms with Gasteiger partial charge in [0.25, 0.3) is 0 Å². The van der Waals surface area contributed by atoms with E-state index in [0.717, 1.165) is 0 Å². The van der Waals surface area contributed by atoms with Crippen LogP contribution in [0.15, 0.2) is 48.6 Å². The highest BCUT2D eigenvalue weighted by Gasteiger charge is 2.02. The van der Waals surface area contributed by atoms with E-state index in [-0.39, 0.29) is 6.61 Å². The number of aliphatic hydroxyl groups excluding tert-OH is 1. The second-order valence-electron chi connectivity index (χ2n) is 3.41. The molecule has 0 radical (unpaired) electrons. The molecular weight excluding hydrogens is 203 g/mol. The highest BCUT2D eigenvalue weighted by atomic mass is 31.0. The van der Waals surface area contributed by atoms with Gasteiger partial charge < -0.3 is 5.11 Å². The summed E-state index contributed by atoms with van der Waals surface area (Å²) in [6, 6.07) is 8.31. The van der Waals surface area contributed by atoms with E-state index in [1.807, 2.05) is 18.2 Å². The first-order valence-corrected chi connectivity index (χ1v) is 5.62. The molecule has 0 saturated heterocycles. The summed E-state index contributed by atoms with van der Waals surface area (Å²) in [6.45, 7) is 2.26. The highest BCUT2D eigenvalue weighted by Crippen LogP contribution is 2.16. The maximum atomic E-state index is 8.57. The molecule has 1 N–H and O–H groups in total. The van der Waals surface area contributed by atoms with Crippen LogP contribution in [-0.4, -0.2) is 11.7 Å². The van der Waals surface area contributed by atoms with E-state index >= 15 is 0 Å². The van der Waals surface area contributed by atoms with Gasteiger partial charge in [-0.1, -0.05) is 55.5 Å². The first-order chi connectivity index (χ1) is 7.25. The number of hydrogen-bond acceptors (Lipinski definition) is 1. The fraction of sp³-hybridized carbons (Fsp3) is 0.231. The van der Waals surface area contributed by atoms with Gasteiger partial charge in [-0.05, 0) is 16.8 Å². The van der Waals surface area contributed by atoms with Crippen molar-refractivity contribution >= 4 is 14.5 Å². The Balaban J connectivity index is 2.69. The van der Waals surface area contributed by atoms with Crippen molar-refractivity contribution in [1.82, 2.24) is 0 Å². The smallest absolute Gasteiger partial charge is 0.0615 e. The van der Waals surface area contributed by atoms with Gasteiger partial charge in [-0.2, -0.15) is 0 Å². The van der Waals surface area contributed by atoms with Gasteiger partial charge in [0.2, 0.25) is 0 Å². The van der Waals surface area contributed by atoms with Crippen LogP contribution in [0.4, 0.5) is 0 Å². The van der Waals surface area contributed by atoms with Crippen molar-refractivity contribution in [2.24, 2.45) is 0 Å². The summed E-state index contributed by atoms with van der Waals surface area (Å²) < 4.78 is 0. The van der Waals surface area contributed by atoms with Gasteiger partial charge in [0.1, 0.15) is 0 Å². The van der Waals surface area contributed by atoms with Gasteiger partial charge in [-0.3, -0.25) is 0 Å². The van der Waals surface area contributed by atoms with Crippen LogP contribution in [-0.2, 0) is 0 Å². The van der Waals surface area contributed by atoms with Gasteiger partial charge in [-0.25, -0.2) is 0 Å². The van der Waals surface area contributed by atoms with Crippen molar-refractivity contribution in [3.8, 4) is 0 Å². The lowest BCUT2D eigenvalue weighted by atomic mass is 10.0. The third-order valence-corrected chi connectivity index (χ3v) is 2.76. The van der Waals surface area contributed by atoms with Gasteiger partial charge in [0, 0.05) is 0 Å². The minimum atomic E-state index is 0.0962. The van der Waals surface area contributed by atoms with Gasteiger partial charge in [0.05, 0.1) is 6.61 Å². The predicted octanol–water partition coefficient (Wildman–Crippen LogP) is 2.40. The lowest BCUT2D eigenvalue weighted by Gasteiger charge is -2.09. The zero-order valence-electron chi connectivity index (χ0n) is 8.93. The SMILES string of the molecule is C[C@@H](/C=C\C=C/CO)c1ccccc1P. The molecule has 0 fully saturated rings. The van der Waals surface area contributed by atoms with Crippen LogP contribution in [0.2, 0.25) is 0 Å². The van der Waals surface area contributed by atoms with Crippen LogP contribution < -0.4 is 5.30 Å². The fourth-order valence-corrected chi connectivity index (χ4v) is 1.87. The lowest BCUT2D eigenvalue weighted by molar-refractivity contribution is 0.343. The molecule has 1 unspecified atom stereocenters. The molecule has 0 aliphatic heterocycles. The van der Waals surface area contributed by atoms with E-state index < -0.39 is 0 Å². The molecule has 2 heteroatoms. The lowest BCUT2D eigenvalue weighted by Crippen LogP contribution is -2.02. The minimum absolute atomic E-state index is 0.0962. The van der Waals surface area contributed by atoms with E-state index in [4.69, 9.17) is 5.11 Å². The number of allylic oxidation sites excluding steroid dienone is 3. The van der Waals surface area contributed by atoms with Crippen molar-refractivity contribution in [1.29, 1.82) is 0 Å². The van der Waals surface area contributed by atoms with E-state index in [0.29, 0.717) is 5.92 Å². The summed E-state index contributed by atoms with van der Waals surface area (Å²) in [6.07, 6.45) is 7.67. The van der Waals surface area contributed by atoms with Crippen LogP contribution in [0.5, 0.6) is 0 Å². The maximum Gasteiger partial charge on any atom is 0.0615 e. The molecule has 2 atom stereocenters. The van der Waals surface area contributed by atoms with Crippen LogP contribution in [0.1, 0.15) is 18.4 Å². The number of rotatable bonds is 4. The molecule has 0 aliphatic rings. The summed E-state index contributed by atoms with van der Waals surface area (Å²) in [5, 5.41) is 9.81. The van der Waals surface area contributed by atoms with Crippen molar-refractivity contribution in [3.63, 3.8) is 0 Å². The van der Waals surface area contributed by atoms with E-state index in [2.05, 4.69) is 40.4 Å². The van der Waals surface area contributed by atoms with Crippen molar-refractivity contribution in [2.75, 3.05) is 6.61 Å². The van der Waals surface area contributed by atoms with Crippen molar-refractivity contribution < 1.29 is 5.11 Å². The Labute approximate surface area is 93.7 Å². The van der Waals surface area contributed by atoms with Crippen LogP contribution in [0.3, 0.4) is 0 Å². The Bertz CT molecular complexity index is 355. The third-order valence-electron chi connectivity index (χ3n) is 2.24. The van der Waals surface area contributed by atoms with Gasteiger partial charge in [-0.15, -0.1) is 9.24 Å². The third kappa shape index (κ3) is 3.99. The molecule has 0 heterocycles. The normalized spacial score (nSPS) is 13.8. The summed E-state index contributed by atoms with van der Waals surface area (Å²) in [4.78, 5) is 0. The van der Waals surface area contributed by atoms with E-state index in [1.54, 1.807) is 6.08 Å². The molecule has 15 heavy (non-hydrogen) atoms. The molecule has 0 saturated carbocycles. The van der Waals surface area contributed by atoms with Gasteiger partial charge in [0.15, 0.2) is 0 Å². The molecule has 0 aliphatic carbocycles. The summed E-state index contributed by atoms with van der Waals surface area (Å²) in [7, 11) is 2.75. The van der Waals surface area contributed by atoms with Crippen LogP contribution >= 0.6 is 9.24 Å². The van der Waals surface area contributed by atoms with Gasteiger partial charge >= 0.3 is 0 Å². The van der Waals surface area contributed by atoms with E-state index in [9.17, 15) is 0 Å². The van der Waals surface area contributed by atoms with Crippen molar-refractivity contribution in [2.45, 2.75) is 12.8 Å². The Morgan fingerprint density at radius 3 is 2.73 bits per heavy atom. The quantitative estimate of drug-likeness (QED) is 0.610.